The van der Waals surface area contributed by atoms with Crippen molar-refractivity contribution in [3.8, 4) is 0 Å². The van der Waals surface area contributed by atoms with E-state index in [-0.39, 0.29) is 0 Å². The van der Waals surface area contributed by atoms with Crippen molar-refractivity contribution in [2.45, 2.75) is 58.4 Å². The average Bonchev–Trinajstić information content (AvgIpc) is 2.29. The van der Waals surface area contributed by atoms with Gasteiger partial charge in [-0.25, -0.2) is 0 Å². The van der Waals surface area contributed by atoms with Crippen LogP contribution in [0.5, 0.6) is 0 Å². The minimum Gasteiger partial charge on any atom is -0.316 e. The van der Waals surface area contributed by atoms with E-state index in [1.807, 2.05) is 0 Å². The first-order valence-electron chi connectivity index (χ1n) is 7.11. The zero-order valence-corrected chi connectivity index (χ0v) is 11.5. The van der Waals surface area contributed by atoms with Crippen molar-refractivity contribution >= 4 is 0 Å². The average molecular weight is 226 g/mol. The monoisotopic (exact) mass is 226 g/mol. The van der Waals surface area contributed by atoms with Crippen LogP contribution in [0.2, 0.25) is 0 Å². The Morgan fingerprint density at radius 3 is 2.50 bits per heavy atom. The van der Waals surface area contributed by atoms with Crippen molar-refractivity contribution in [3.63, 3.8) is 0 Å². The molecule has 0 bridgehead atoms. The molecular formula is C14H30N2. The van der Waals surface area contributed by atoms with Crippen LogP contribution in [0, 0.1) is 5.92 Å². The fraction of sp³-hybridized carbons (Fsp3) is 1.00. The predicted octanol–water partition coefficient (Wildman–Crippen LogP) is 2.89. The minimum absolute atomic E-state index is 0.774. The van der Waals surface area contributed by atoms with Crippen molar-refractivity contribution in [1.82, 2.24) is 10.2 Å². The summed E-state index contributed by atoms with van der Waals surface area (Å²) in [6.45, 7) is 8.13. The normalized spacial score (nSPS) is 18.6. The second-order valence-electron chi connectivity index (χ2n) is 5.72. The van der Waals surface area contributed by atoms with Gasteiger partial charge >= 0.3 is 0 Å². The smallest absolute Gasteiger partial charge is 0.00922 e. The third-order valence-electron chi connectivity index (χ3n) is 3.62. The molecular weight excluding hydrogens is 196 g/mol. The molecule has 1 aliphatic carbocycles. The van der Waals surface area contributed by atoms with E-state index in [0.29, 0.717) is 0 Å². The van der Waals surface area contributed by atoms with Crippen molar-refractivity contribution < 1.29 is 0 Å². The highest BCUT2D eigenvalue weighted by molar-refractivity contribution is 4.73. The Kier molecular flexibility index (Phi) is 7.06. The van der Waals surface area contributed by atoms with E-state index >= 15 is 0 Å². The first-order chi connectivity index (χ1) is 7.70. The number of hydrogen-bond donors (Lipinski definition) is 1. The summed E-state index contributed by atoms with van der Waals surface area (Å²) in [5.41, 5.74) is 0. The highest BCUT2D eigenvalue weighted by atomic mass is 15.1. The lowest BCUT2D eigenvalue weighted by atomic mass is 9.94. The summed E-state index contributed by atoms with van der Waals surface area (Å²) >= 11 is 0. The minimum atomic E-state index is 0.774. The van der Waals surface area contributed by atoms with E-state index < -0.39 is 0 Å². The maximum absolute atomic E-state index is 3.52. The lowest BCUT2D eigenvalue weighted by Crippen LogP contribution is -2.35. The third kappa shape index (κ3) is 5.86. The van der Waals surface area contributed by atoms with Gasteiger partial charge in [0.05, 0.1) is 0 Å². The van der Waals surface area contributed by atoms with E-state index in [1.165, 1.54) is 51.6 Å². The number of rotatable bonds is 7. The summed E-state index contributed by atoms with van der Waals surface area (Å²) in [5, 5.41) is 3.52. The van der Waals surface area contributed by atoms with Gasteiger partial charge in [0, 0.05) is 6.04 Å². The zero-order chi connectivity index (χ0) is 11.8. The van der Waals surface area contributed by atoms with Gasteiger partial charge in [0.1, 0.15) is 0 Å². The second kappa shape index (κ2) is 8.08. The maximum atomic E-state index is 3.52. The lowest BCUT2D eigenvalue weighted by Gasteiger charge is -2.31. The van der Waals surface area contributed by atoms with Gasteiger partial charge in [-0.05, 0) is 51.9 Å². The number of nitrogens with one attached hydrogen (secondary N) is 1. The van der Waals surface area contributed by atoms with E-state index in [4.69, 9.17) is 0 Å². The third-order valence-corrected chi connectivity index (χ3v) is 3.62. The van der Waals surface area contributed by atoms with E-state index in [9.17, 15) is 0 Å². The quantitative estimate of drug-likeness (QED) is 0.672. The molecule has 0 saturated heterocycles. The SMILES string of the molecule is CC(C)CNCCCN(C)C1CCCCC1. The molecule has 0 atom stereocenters. The van der Waals surface area contributed by atoms with Gasteiger partial charge in [0.25, 0.3) is 0 Å². The van der Waals surface area contributed by atoms with Crippen LogP contribution in [0.3, 0.4) is 0 Å². The Bertz CT molecular complexity index is 162. The van der Waals surface area contributed by atoms with Gasteiger partial charge in [-0.3, -0.25) is 0 Å². The van der Waals surface area contributed by atoms with Crippen LogP contribution in [0.4, 0.5) is 0 Å². The van der Waals surface area contributed by atoms with Gasteiger partial charge in [-0.15, -0.1) is 0 Å². The van der Waals surface area contributed by atoms with Crippen molar-refractivity contribution in [2.24, 2.45) is 5.92 Å². The van der Waals surface area contributed by atoms with Crippen LogP contribution in [0.15, 0.2) is 0 Å². The Hall–Kier alpha value is -0.0800. The van der Waals surface area contributed by atoms with Gasteiger partial charge in [0.15, 0.2) is 0 Å². The number of nitrogens with zero attached hydrogens (tertiary/aromatic N) is 1. The molecule has 0 aromatic carbocycles. The number of hydrogen-bond acceptors (Lipinski definition) is 2. The summed E-state index contributed by atoms with van der Waals surface area (Å²) in [4.78, 5) is 2.58. The van der Waals surface area contributed by atoms with Crippen molar-refractivity contribution in [1.29, 1.82) is 0 Å². The molecule has 1 N–H and O–H groups in total. The molecule has 0 aliphatic heterocycles. The Labute approximate surface area is 102 Å². The Balaban J connectivity index is 1.98. The molecule has 0 amide bonds. The van der Waals surface area contributed by atoms with Gasteiger partial charge < -0.3 is 10.2 Å². The van der Waals surface area contributed by atoms with Crippen LogP contribution in [0.1, 0.15) is 52.4 Å². The molecule has 0 aromatic rings. The van der Waals surface area contributed by atoms with Gasteiger partial charge in [-0.2, -0.15) is 0 Å². The van der Waals surface area contributed by atoms with E-state index in [2.05, 4.69) is 31.1 Å². The molecule has 0 unspecified atom stereocenters. The summed E-state index contributed by atoms with van der Waals surface area (Å²) < 4.78 is 0. The highest BCUT2D eigenvalue weighted by Crippen LogP contribution is 2.21. The van der Waals surface area contributed by atoms with E-state index in [1.54, 1.807) is 0 Å². The van der Waals surface area contributed by atoms with Crippen LogP contribution < -0.4 is 5.32 Å². The van der Waals surface area contributed by atoms with Crippen molar-refractivity contribution in [3.05, 3.63) is 0 Å². The molecule has 1 fully saturated rings. The first kappa shape index (κ1) is 14.0. The van der Waals surface area contributed by atoms with Crippen LogP contribution in [-0.2, 0) is 0 Å². The molecule has 1 saturated carbocycles. The molecule has 1 aliphatic rings. The molecule has 2 heteroatoms. The fourth-order valence-corrected chi connectivity index (χ4v) is 2.55. The van der Waals surface area contributed by atoms with Crippen molar-refractivity contribution in [2.75, 3.05) is 26.7 Å². The van der Waals surface area contributed by atoms with E-state index in [0.717, 1.165) is 18.5 Å². The molecule has 1 rings (SSSR count). The fourth-order valence-electron chi connectivity index (χ4n) is 2.55. The summed E-state index contributed by atoms with van der Waals surface area (Å²) in [6.07, 6.45) is 8.49. The zero-order valence-electron chi connectivity index (χ0n) is 11.5. The van der Waals surface area contributed by atoms with Crippen LogP contribution >= 0.6 is 0 Å². The lowest BCUT2D eigenvalue weighted by molar-refractivity contribution is 0.189. The summed E-state index contributed by atoms with van der Waals surface area (Å²) in [7, 11) is 2.30. The topological polar surface area (TPSA) is 15.3 Å². The van der Waals surface area contributed by atoms with Gasteiger partial charge in [0.2, 0.25) is 0 Å². The standard InChI is InChI=1S/C14H30N2/c1-13(2)12-15-10-7-11-16(3)14-8-5-4-6-9-14/h13-15H,4-12H2,1-3H3. The van der Waals surface area contributed by atoms with Gasteiger partial charge in [-0.1, -0.05) is 33.1 Å². The summed E-state index contributed by atoms with van der Waals surface area (Å²) in [6, 6.07) is 0.874. The molecule has 0 heterocycles. The molecule has 2 nitrogen and oxygen atoms in total. The molecule has 16 heavy (non-hydrogen) atoms. The first-order valence-corrected chi connectivity index (χ1v) is 7.11. The Morgan fingerprint density at radius 2 is 1.88 bits per heavy atom. The second-order valence-corrected chi connectivity index (χ2v) is 5.72. The molecule has 96 valence electrons. The molecule has 0 aromatic heterocycles. The van der Waals surface area contributed by atoms with Crippen LogP contribution in [-0.4, -0.2) is 37.6 Å². The Morgan fingerprint density at radius 1 is 1.19 bits per heavy atom. The largest absolute Gasteiger partial charge is 0.316 e. The summed E-state index contributed by atoms with van der Waals surface area (Å²) in [5.74, 6) is 0.774. The maximum Gasteiger partial charge on any atom is 0.00922 e. The highest BCUT2D eigenvalue weighted by Gasteiger charge is 2.16. The van der Waals surface area contributed by atoms with Crippen LogP contribution in [0.25, 0.3) is 0 Å². The predicted molar refractivity (Wildman–Crippen MR) is 71.8 cm³/mol. The molecule has 0 radical (unpaired) electrons. The molecule has 0 spiro atoms.